The van der Waals surface area contributed by atoms with Gasteiger partial charge in [0, 0.05) is 11.6 Å². The summed E-state index contributed by atoms with van der Waals surface area (Å²) >= 11 is 1.27. The van der Waals surface area contributed by atoms with Crippen molar-refractivity contribution in [1.82, 2.24) is 9.97 Å². The summed E-state index contributed by atoms with van der Waals surface area (Å²) in [6.07, 6.45) is 1.67. The number of hydrogen-bond donors (Lipinski definition) is 2. The molecule has 0 spiro atoms. The molecule has 4 rings (SSSR count). The lowest BCUT2D eigenvalue weighted by Gasteiger charge is -2.11. The van der Waals surface area contributed by atoms with Crippen molar-refractivity contribution < 1.29 is 18.7 Å². The molecule has 2 aromatic carbocycles. The topological polar surface area (TPSA) is 93.2 Å². The third kappa shape index (κ3) is 5.13. The van der Waals surface area contributed by atoms with Gasteiger partial charge >= 0.3 is 0 Å². The average Bonchev–Trinajstić information content (AvgIpc) is 3.28. The fourth-order valence-corrected chi connectivity index (χ4v) is 3.50. The van der Waals surface area contributed by atoms with Crippen LogP contribution >= 0.6 is 11.3 Å². The minimum absolute atomic E-state index is 0.0552. The maximum atomic E-state index is 13.7. The van der Waals surface area contributed by atoms with Crippen LogP contribution in [0, 0.1) is 5.82 Å². The molecule has 0 unspecified atom stereocenters. The van der Waals surface area contributed by atoms with Crippen LogP contribution in [-0.4, -0.2) is 28.4 Å². The first-order valence-corrected chi connectivity index (χ1v) is 10.4. The molecule has 2 N–H and O–H groups in total. The van der Waals surface area contributed by atoms with E-state index in [4.69, 9.17) is 4.74 Å². The van der Waals surface area contributed by atoms with Crippen LogP contribution in [0.3, 0.4) is 0 Å². The number of carbonyl (C=O) groups excluding carboxylic acids is 2. The number of nitrogens with zero attached hydrogens (tertiary/aromatic N) is 2. The number of anilines is 2. The zero-order valence-electron chi connectivity index (χ0n) is 16.6. The summed E-state index contributed by atoms with van der Waals surface area (Å²) in [4.78, 5) is 33.5. The van der Waals surface area contributed by atoms with Crippen molar-refractivity contribution in [1.29, 1.82) is 0 Å². The quantitative estimate of drug-likeness (QED) is 0.431. The summed E-state index contributed by atoms with van der Waals surface area (Å²) in [7, 11) is 0. The standard InChI is InChI=1S/C23H17FN4O3S/c24-16-8-2-3-9-17(16)26-21(29)13-31-20-11-4-1-7-15(20)22(30)28-23-27-19(14-32-23)18-10-5-6-12-25-18/h1-12,14H,13H2,(H,26,29)(H,27,28,30). The number of para-hydroxylation sites is 2. The molecule has 0 aliphatic carbocycles. The number of nitrogens with one attached hydrogen (secondary N) is 2. The van der Waals surface area contributed by atoms with Gasteiger partial charge in [0.2, 0.25) is 0 Å². The molecule has 2 heterocycles. The number of carbonyl (C=O) groups is 2. The Labute approximate surface area is 186 Å². The summed E-state index contributed by atoms with van der Waals surface area (Å²) in [5, 5.41) is 7.37. The first-order chi connectivity index (χ1) is 15.6. The van der Waals surface area contributed by atoms with Crippen molar-refractivity contribution in [2.45, 2.75) is 0 Å². The Morgan fingerprint density at radius 1 is 0.938 bits per heavy atom. The monoisotopic (exact) mass is 448 g/mol. The number of ether oxygens (including phenoxy) is 1. The lowest BCUT2D eigenvalue weighted by Crippen LogP contribution is -2.22. The van der Waals surface area contributed by atoms with E-state index in [1.807, 2.05) is 18.2 Å². The smallest absolute Gasteiger partial charge is 0.262 e. The van der Waals surface area contributed by atoms with Crippen LogP contribution in [0.5, 0.6) is 5.75 Å². The molecule has 9 heteroatoms. The van der Waals surface area contributed by atoms with Crippen LogP contribution in [0.1, 0.15) is 10.4 Å². The highest BCUT2D eigenvalue weighted by Crippen LogP contribution is 2.25. The number of amides is 2. The molecule has 2 amide bonds. The number of benzene rings is 2. The first kappa shape index (κ1) is 21.1. The fraction of sp³-hybridized carbons (Fsp3) is 0.0435. The fourth-order valence-electron chi connectivity index (χ4n) is 2.80. The maximum Gasteiger partial charge on any atom is 0.262 e. The first-order valence-electron chi connectivity index (χ1n) is 9.54. The highest BCUT2D eigenvalue weighted by molar-refractivity contribution is 7.14. The van der Waals surface area contributed by atoms with E-state index in [0.717, 1.165) is 0 Å². The second kappa shape index (κ2) is 9.80. The van der Waals surface area contributed by atoms with E-state index < -0.39 is 17.6 Å². The van der Waals surface area contributed by atoms with Crippen molar-refractivity contribution in [2.24, 2.45) is 0 Å². The van der Waals surface area contributed by atoms with Gasteiger partial charge in [-0.1, -0.05) is 30.3 Å². The van der Waals surface area contributed by atoms with Crippen molar-refractivity contribution in [3.8, 4) is 17.1 Å². The molecule has 7 nitrogen and oxygen atoms in total. The average molecular weight is 448 g/mol. The predicted octanol–water partition coefficient (Wildman–Crippen LogP) is 4.61. The van der Waals surface area contributed by atoms with Crippen LogP contribution in [-0.2, 0) is 4.79 Å². The maximum absolute atomic E-state index is 13.7. The second-order valence-electron chi connectivity index (χ2n) is 6.52. The molecule has 0 aliphatic rings. The number of pyridine rings is 1. The number of rotatable bonds is 7. The van der Waals surface area contributed by atoms with Gasteiger partial charge in [-0.2, -0.15) is 0 Å². The Kier molecular flexibility index (Phi) is 6.47. The van der Waals surface area contributed by atoms with Crippen molar-refractivity contribution in [3.63, 3.8) is 0 Å². The van der Waals surface area contributed by atoms with Crippen LogP contribution < -0.4 is 15.4 Å². The SMILES string of the molecule is O=C(COc1ccccc1C(=O)Nc1nc(-c2ccccn2)cs1)Nc1ccccc1F. The largest absolute Gasteiger partial charge is 0.483 e. The molecule has 2 aromatic heterocycles. The van der Waals surface area contributed by atoms with Crippen LogP contribution in [0.4, 0.5) is 15.2 Å². The van der Waals surface area contributed by atoms with Crippen LogP contribution in [0.25, 0.3) is 11.4 Å². The Morgan fingerprint density at radius 2 is 1.72 bits per heavy atom. The predicted molar refractivity (Wildman–Crippen MR) is 120 cm³/mol. The number of halogens is 1. The van der Waals surface area contributed by atoms with Crippen molar-refractivity contribution in [2.75, 3.05) is 17.2 Å². The Morgan fingerprint density at radius 3 is 2.53 bits per heavy atom. The van der Waals surface area contributed by atoms with E-state index in [-0.39, 0.29) is 23.6 Å². The summed E-state index contributed by atoms with van der Waals surface area (Å²) in [5.74, 6) is -1.31. The lowest BCUT2D eigenvalue weighted by atomic mass is 10.2. The molecule has 0 bridgehead atoms. The molecule has 160 valence electrons. The van der Waals surface area contributed by atoms with Gasteiger partial charge in [-0.05, 0) is 36.4 Å². The van der Waals surface area contributed by atoms with Gasteiger partial charge in [0.15, 0.2) is 11.7 Å². The molecule has 32 heavy (non-hydrogen) atoms. The molecule has 0 aliphatic heterocycles. The zero-order chi connectivity index (χ0) is 22.3. The zero-order valence-corrected chi connectivity index (χ0v) is 17.4. The minimum atomic E-state index is -0.551. The normalized spacial score (nSPS) is 10.4. The van der Waals surface area contributed by atoms with Gasteiger partial charge in [-0.15, -0.1) is 11.3 Å². The number of hydrogen-bond acceptors (Lipinski definition) is 6. The molecular formula is C23H17FN4O3S. The Bertz CT molecular complexity index is 1250. The molecule has 0 saturated heterocycles. The van der Waals surface area contributed by atoms with Crippen LogP contribution in [0.2, 0.25) is 0 Å². The molecule has 0 fully saturated rings. The summed E-state index contributed by atoms with van der Waals surface area (Å²) in [6.45, 7) is -0.389. The lowest BCUT2D eigenvalue weighted by molar-refractivity contribution is -0.118. The van der Waals surface area contributed by atoms with Crippen LogP contribution in [0.15, 0.2) is 78.3 Å². The number of aromatic nitrogens is 2. The van der Waals surface area contributed by atoms with Crippen molar-refractivity contribution in [3.05, 3.63) is 89.7 Å². The molecular weight excluding hydrogens is 431 g/mol. The van der Waals surface area contributed by atoms with E-state index >= 15 is 0 Å². The summed E-state index contributed by atoms with van der Waals surface area (Å²) in [5.41, 5.74) is 1.65. The van der Waals surface area contributed by atoms with Gasteiger partial charge in [0.05, 0.1) is 16.9 Å². The molecule has 0 radical (unpaired) electrons. The third-order valence-corrected chi connectivity index (χ3v) is 5.05. The second-order valence-corrected chi connectivity index (χ2v) is 7.38. The number of thiazole rings is 1. The van der Waals surface area contributed by atoms with Gasteiger partial charge in [0.1, 0.15) is 17.3 Å². The molecule has 4 aromatic rings. The van der Waals surface area contributed by atoms with E-state index in [1.54, 1.807) is 41.9 Å². The van der Waals surface area contributed by atoms with Gasteiger partial charge in [-0.3, -0.25) is 19.9 Å². The van der Waals surface area contributed by atoms with E-state index in [0.29, 0.717) is 16.5 Å². The van der Waals surface area contributed by atoms with Gasteiger partial charge in [0.25, 0.3) is 11.8 Å². The van der Waals surface area contributed by atoms with E-state index in [2.05, 4.69) is 20.6 Å². The summed E-state index contributed by atoms with van der Waals surface area (Å²) in [6, 6.07) is 17.8. The van der Waals surface area contributed by atoms with E-state index in [9.17, 15) is 14.0 Å². The summed E-state index contributed by atoms with van der Waals surface area (Å²) < 4.78 is 19.2. The highest BCUT2D eigenvalue weighted by Gasteiger charge is 2.16. The Hall–Kier alpha value is -4.11. The van der Waals surface area contributed by atoms with Gasteiger partial charge < -0.3 is 10.1 Å². The molecule has 0 atom stereocenters. The van der Waals surface area contributed by atoms with Crippen molar-refractivity contribution >= 4 is 34.0 Å². The molecule has 0 saturated carbocycles. The Balaban J connectivity index is 1.41. The minimum Gasteiger partial charge on any atom is -0.483 e. The van der Waals surface area contributed by atoms with E-state index in [1.165, 1.54) is 29.5 Å². The third-order valence-electron chi connectivity index (χ3n) is 4.29. The highest BCUT2D eigenvalue weighted by atomic mass is 32.1. The van der Waals surface area contributed by atoms with Gasteiger partial charge in [-0.25, -0.2) is 9.37 Å².